The molecule has 4 aliphatic rings. The number of hydrogen-bond acceptors (Lipinski definition) is 11. The first-order chi connectivity index (χ1) is 20.3. The van der Waals surface area contributed by atoms with E-state index in [0.717, 1.165) is 0 Å². The second-order valence-corrected chi connectivity index (χ2v) is 12.0. The predicted molar refractivity (Wildman–Crippen MR) is 145 cm³/mol. The summed E-state index contributed by atoms with van der Waals surface area (Å²) in [5.41, 5.74) is -2.09. The molecule has 3 aliphatic heterocycles. The number of aromatic hydroxyl groups is 2. The van der Waals surface area contributed by atoms with Gasteiger partial charge in [-0.3, -0.25) is 19.2 Å². The molecule has 0 bridgehead atoms. The minimum Gasteiger partial charge on any atom is -0.507 e. The van der Waals surface area contributed by atoms with Crippen molar-refractivity contribution in [1.29, 1.82) is 0 Å². The highest BCUT2D eigenvalue weighted by Gasteiger charge is 2.50. The molecule has 8 atom stereocenters. The zero-order valence-electron chi connectivity index (χ0n) is 23.7. The molecule has 43 heavy (non-hydrogen) atoms. The van der Waals surface area contributed by atoms with Crippen LogP contribution in [0.1, 0.15) is 89.1 Å². The summed E-state index contributed by atoms with van der Waals surface area (Å²) in [7, 11) is 0. The Morgan fingerprint density at radius 1 is 0.907 bits per heavy atom. The first-order valence-electron chi connectivity index (χ1n) is 14.1. The number of aliphatic hydroxyl groups is 1. The quantitative estimate of drug-likeness (QED) is 0.337. The third-order valence-corrected chi connectivity index (χ3v) is 8.66. The maximum absolute atomic E-state index is 13.6. The summed E-state index contributed by atoms with van der Waals surface area (Å²) >= 11 is 0. The maximum atomic E-state index is 13.6. The molecule has 0 amide bonds. The molecule has 2 aromatic carbocycles. The van der Waals surface area contributed by atoms with Gasteiger partial charge < -0.3 is 39.4 Å². The zero-order valence-corrected chi connectivity index (χ0v) is 23.7. The van der Waals surface area contributed by atoms with Crippen LogP contribution in [-0.4, -0.2) is 86.2 Å². The fourth-order valence-electron chi connectivity index (χ4n) is 6.56. The Kier molecular flexibility index (Phi) is 7.17. The van der Waals surface area contributed by atoms with E-state index in [2.05, 4.69) is 0 Å². The Morgan fingerprint density at radius 3 is 2.23 bits per heavy atom. The number of carboxylic acid groups (broad SMARTS) is 1. The molecular formula is C31H32O12. The molecule has 8 unspecified atom stereocenters. The lowest BCUT2D eigenvalue weighted by Gasteiger charge is -2.49. The average molecular weight is 597 g/mol. The highest BCUT2D eigenvalue weighted by atomic mass is 16.7. The first kappa shape index (κ1) is 29.4. The number of hydrogen-bond donors (Lipinski definition) is 4. The lowest BCUT2D eigenvalue weighted by molar-refractivity contribution is -0.347. The van der Waals surface area contributed by atoms with Crippen LogP contribution >= 0.6 is 0 Å². The second kappa shape index (κ2) is 10.5. The summed E-state index contributed by atoms with van der Waals surface area (Å²) in [5, 5.41) is 41.9. The Labute approximate surface area is 246 Å². The predicted octanol–water partition coefficient (Wildman–Crippen LogP) is 2.35. The van der Waals surface area contributed by atoms with Crippen LogP contribution in [-0.2, 0) is 35.0 Å². The molecule has 1 aliphatic carbocycles. The van der Waals surface area contributed by atoms with Crippen molar-refractivity contribution >= 4 is 23.3 Å². The minimum absolute atomic E-state index is 0.0838. The third-order valence-electron chi connectivity index (χ3n) is 8.66. The van der Waals surface area contributed by atoms with Gasteiger partial charge in [-0.25, -0.2) is 0 Å². The SMILES string of the molecule is CC1OC2OC3C(C)OC(c4ccc5c(c4O)C(=O)c4ccc(CC(C)(O)CC(=O)O)c(O)c4C5=O)CC3OC2CC1=O. The standard InChI is InChI=1S/C31H32O12/c1-12-18(32)8-21-30(41-12)43-29-13(2)40-19(9-20(29)42-21)15-6-7-17-24(26(15)36)28(38)16-5-4-14(25(35)23(16)27(17)37)10-31(3,39)11-22(33)34/h4-7,12-13,19-21,29-30,35-36,39H,8-11H2,1-3H3,(H,33,34). The van der Waals surface area contributed by atoms with Crippen molar-refractivity contribution in [2.45, 2.75) is 95.0 Å². The van der Waals surface area contributed by atoms with E-state index in [0.29, 0.717) is 0 Å². The Balaban J connectivity index is 1.28. The highest BCUT2D eigenvalue weighted by molar-refractivity contribution is 6.30. The minimum atomic E-state index is -1.72. The first-order valence-corrected chi connectivity index (χ1v) is 14.1. The van der Waals surface area contributed by atoms with Crippen LogP contribution in [0.25, 0.3) is 0 Å². The lowest BCUT2D eigenvalue weighted by atomic mass is 9.79. The molecule has 6 rings (SSSR count). The number of carboxylic acids is 1. The normalized spacial score (nSPS) is 31.3. The average Bonchev–Trinajstić information content (AvgIpc) is 2.91. The summed E-state index contributed by atoms with van der Waals surface area (Å²) in [6.45, 7) is 4.75. The Bertz CT molecular complexity index is 1540. The molecule has 12 heteroatoms. The van der Waals surface area contributed by atoms with Gasteiger partial charge in [-0.15, -0.1) is 0 Å². The molecule has 2 aromatic rings. The molecule has 12 nitrogen and oxygen atoms in total. The Hall–Kier alpha value is -3.68. The lowest BCUT2D eigenvalue weighted by Crippen LogP contribution is -2.60. The van der Waals surface area contributed by atoms with Gasteiger partial charge in [0, 0.05) is 36.0 Å². The number of aliphatic carboxylic acids is 1. The van der Waals surface area contributed by atoms with Crippen molar-refractivity contribution < 1.29 is 58.6 Å². The van der Waals surface area contributed by atoms with Gasteiger partial charge in [0.1, 0.15) is 29.8 Å². The topological polar surface area (TPSA) is 186 Å². The number of carbonyl (C=O) groups is 4. The summed E-state index contributed by atoms with van der Waals surface area (Å²) in [6.07, 6.45) is -4.53. The van der Waals surface area contributed by atoms with E-state index in [1.54, 1.807) is 13.8 Å². The number of phenols is 2. The van der Waals surface area contributed by atoms with Crippen LogP contribution in [0, 0.1) is 0 Å². The number of rotatable bonds is 5. The van der Waals surface area contributed by atoms with E-state index in [9.17, 15) is 34.5 Å². The number of ether oxygens (including phenoxy) is 4. The van der Waals surface area contributed by atoms with E-state index in [1.807, 2.05) is 0 Å². The van der Waals surface area contributed by atoms with E-state index in [4.69, 9.17) is 24.1 Å². The van der Waals surface area contributed by atoms with E-state index in [1.165, 1.54) is 31.2 Å². The summed E-state index contributed by atoms with van der Waals surface area (Å²) in [4.78, 5) is 50.5. The van der Waals surface area contributed by atoms with Gasteiger partial charge in [-0.1, -0.05) is 12.1 Å². The van der Waals surface area contributed by atoms with Crippen molar-refractivity contribution in [3.8, 4) is 11.5 Å². The molecule has 3 fully saturated rings. The van der Waals surface area contributed by atoms with E-state index < -0.39 is 84.0 Å². The Morgan fingerprint density at radius 2 is 1.56 bits per heavy atom. The van der Waals surface area contributed by atoms with Gasteiger partial charge in [0.15, 0.2) is 23.6 Å². The molecule has 228 valence electrons. The number of fused-ring (bicyclic) bond motifs is 4. The number of phenolic OH excluding ortho intramolecular Hbond substituents is 2. The molecule has 3 saturated heterocycles. The van der Waals surface area contributed by atoms with Crippen molar-refractivity contribution in [2.24, 2.45) is 0 Å². The van der Waals surface area contributed by atoms with Crippen LogP contribution in [0.15, 0.2) is 24.3 Å². The van der Waals surface area contributed by atoms with Gasteiger partial charge in [0.2, 0.25) is 0 Å². The van der Waals surface area contributed by atoms with Gasteiger partial charge >= 0.3 is 5.97 Å². The largest absolute Gasteiger partial charge is 0.507 e. The van der Waals surface area contributed by atoms with Crippen LogP contribution in [0.4, 0.5) is 0 Å². The van der Waals surface area contributed by atoms with Crippen molar-refractivity contribution in [1.82, 2.24) is 0 Å². The number of Topliss-reactive ketones (excluding diaryl/α,β-unsaturated/α-hetero) is 1. The van der Waals surface area contributed by atoms with Crippen LogP contribution in [0.5, 0.6) is 11.5 Å². The smallest absolute Gasteiger partial charge is 0.306 e. The second-order valence-electron chi connectivity index (χ2n) is 12.0. The summed E-state index contributed by atoms with van der Waals surface area (Å²) < 4.78 is 24.2. The van der Waals surface area contributed by atoms with Gasteiger partial charge in [-0.2, -0.15) is 0 Å². The molecule has 4 N–H and O–H groups in total. The zero-order chi connectivity index (χ0) is 31.0. The maximum Gasteiger partial charge on any atom is 0.306 e. The molecular weight excluding hydrogens is 564 g/mol. The number of benzene rings is 2. The number of ketones is 3. The monoisotopic (exact) mass is 596 g/mol. The number of carbonyl (C=O) groups excluding carboxylic acids is 3. The van der Waals surface area contributed by atoms with Crippen molar-refractivity contribution in [3.05, 3.63) is 57.6 Å². The van der Waals surface area contributed by atoms with Crippen LogP contribution < -0.4 is 0 Å². The van der Waals surface area contributed by atoms with E-state index >= 15 is 0 Å². The molecule has 0 aromatic heterocycles. The fourth-order valence-corrected chi connectivity index (χ4v) is 6.56. The summed E-state index contributed by atoms with van der Waals surface area (Å²) in [5.74, 6) is -3.66. The van der Waals surface area contributed by atoms with Crippen molar-refractivity contribution in [2.75, 3.05) is 0 Å². The molecule has 3 heterocycles. The highest BCUT2D eigenvalue weighted by Crippen LogP contribution is 2.46. The van der Waals surface area contributed by atoms with E-state index in [-0.39, 0.29) is 58.4 Å². The van der Waals surface area contributed by atoms with Crippen molar-refractivity contribution in [3.63, 3.8) is 0 Å². The molecule has 0 saturated carbocycles. The fraction of sp³-hybridized carbons (Fsp3) is 0.484. The van der Waals surface area contributed by atoms with Crippen LogP contribution in [0.2, 0.25) is 0 Å². The molecule has 0 radical (unpaired) electrons. The molecule has 0 spiro atoms. The van der Waals surface area contributed by atoms with Gasteiger partial charge in [0.25, 0.3) is 0 Å². The van der Waals surface area contributed by atoms with Gasteiger partial charge in [0.05, 0.1) is 41.5 Å². The summed E-state index contributed by atoms with van der Waals surface area (Å²) in [6, 6.07) is 5.55. The van der Waals surface area contributed by atoms with Gasteiger partial charge in [-0.05, 0) is 38.5 Å². The third kappa shape index (κ3) is 5.02. The van der Waals surface area contributed by atoms with Crippen LogP contribution in [0.3, 0.4) is 0 Å².